The van der Waals surface area contributed by atoms with Crippen LogP contribution in [0.3, 0.4) is 0 Å². The van der Waals surface area contributed by atoms with Gasteiger partial charge >= 0.3 is 0 Å². The van der Waals surface area contributed by atoms with Crippen molar-refractivity contribution < 1.29 is 9.32 Å². The van der Waals surface area contributed by atoms with Gasteiger partial charge in [0.15, 0.2) is 0 Å². The smallest absolute Gasteiger partial charge is 0.0439 e. The Hall–Kier alpha value is -0.190. The van der Waals surface area contributed by atoms with Crippen LogP contribution in [0.2, 0.25) is 0 Å². The van der Waals surface area contributed by atoms with E-state index in [1.807, 2.05) is 6.26 Å². The second-order valence-corrected chi connectivity index (χ2v) is 7.18. The second-order valence-electron chi connectivity index (χ2n) is 4.06. The molecule has 0 aliphatic carbocycles. The molecule has 0 aromatic carbocycles. The first-order chi connectivity index (χ1) is 6.56. The zero-order chi connectivity index (χ0) is 10.6. The van der Waals surface area contributed by atoms with E-state index in [1.54, 1.807) is 0 Å². The molecule has 1 aliphatic rings. The van der Waals surface area contributed by atoms with Crippen molar-refractivity contribution in [3.05, 3.63) is 11.6 Å². The van der Waals surface area contributed by atoms with E-state index in [-0.39, 0.29) is 6.61 Å². The number of nitrogens with zero attached hydrogens (tertiary/aromatic N) is 1. The van der Waals surface area contributed by atoms with Crippen LogP contribution in [-0.4, -0.2) is 45.3 Å². The first-order valence-electron chi connectivity index (χ1n) is 5.15. The predicted molar refractivity (Wildman–Crippen MR) is 62.0 cm³/mol. The number of hydrogen-bond donors (Lipinski definition) is 2. The van der Waals surface area contributed by atoms with Crippen LogP contribution < -0.4 is 0 Å². The molecule has 0 saturated heterocycles. The average Bonchev–Trinajstić information content (AvgIpc) is 2.16. The molecule has 0 radical (unpaired) electrons. The van der Waals surface area contributed by atoms with Gasteiger partial charge in [0.05, 0.1) is 0 Å². The quantitative estimate of drug-likeness (QED) is 0.536. The number of hydrogen-bond acceptors (Lipinski definition) is 2. The van der Waals surface area contributed by atoms with Crippen molar-refractivity contribution in [2.75, 3.05) is 31.7 Å². The molecule has 3 nitrogen and oxygen atoms in total. The Morgan fingerprint density at radius 3 is 2.86 bits per heavy atom. The molecule has 0 unspecified atom stereocenters. The van der Waals surface area contributed by atoms with Crippen LogP contribution in [-0.2, 0) is 10.1 Å². The van der Waals surface area contributed by atoms with E-state index in [0.717, 1.165) is 19.5 Å². The minimum atomic E-state index is -2.18. The molecule has 0 atom stereocenters. The topological polar surface area (TPSA) is 40.5 Å². The van der Waals surface area contributed by atoms with Gasteiger partial charge in [0.1, 0.15) is 0 Å². The molecule has 0 saturated carbocycles. The predicted octanol–water partition coefficient (Wildman–Crippen LogP) is 0.582. The monoisotopic (exact) mass is 219 g/mol. The largest absolute Gasteiger partial charge is 0.396 e. The first-order valence-corrected chi connectivity index (χ1v) is 7.44. The molecule has 1 heterocycles. The summed E-state index contributed by atoms with van der Waals surface area (Å²) < 4.78 is 14.3. The van der Waals surface area contributed by atoms with Crippen LogP contribution >= 0.6 is 0 Å². The van der Waals surface area contributed by atoms with E-state index >= 15 is 0 Å². The van der Waals surface area contributed by atoms with Crippen molar-refractivity contribution in [1.29, 1.82) is 0 Å². The van der Waals surface area contributed by atoms with Crippen LogP contribution in [0.1, 0.15) is 19.8 Å². The van der Waals surface area contributed by atoms with Gasteiger partial charge in [-0.15, -0.1) is 0 Å². The van der Waals surface area contributed by atoms with E-state index in [1.165, 1.54) is 5.57 Å². The third-order valence-corrected chi connectivity index (χ3v) is 5.45. The maximum absolute atomic E-state index is 12.2. The molecule has 0 bridgehead atoms. The van der Waals surface area contributed by atoms with Crippen molar-refractivity contribution in [3.63, 3.8) is 0 Å². The summed E-state index contributed by atoms with van der Waals surface area (Å²) >= 11 is 0. The summed E-state index contributed by atoms with van der Waals surface area (Å²) in [6.07, 6.45) is 5.65. The Bertz CT molecular complexity index is 263. The summed E-state index contributed by atoms with van der Waals surface area (Å²) in [5.41, 5.74) is 1.39. The molecular weight excluding hydrogens is 198 g/mol. The van der Waals surface area contributed by atoms with Gasteiger partial charge in [0.25, 0.3) is 0 Å². The first kappa shape index (κ1) is 11.9. The lowest BCUT2D eigenvalue weighted by atomic mass is 10.1. The summed E-state index contributed by atoms with van der Waals surface area (Å²) in [7, 11) is -2.18. The lowest BCUT2D eigenvalue weighted by Gasteiger charge is -2.35. The summed E-state index contributed by atoms with van der Waals surface area (Å²) in [4.78, 5) is 0. The third kappa shape index (κ3) is 3.19. The maximum Gasteiger partial charge on any atom is 0.0439 e. The molecule has 1 rings (SSSR count). The highest BCUT2D eigenvalue weighted by Gasteiger charge is 2.19. The molecule has 0 aromatic rings. The molecule has 1 aliphatic heterocycles. The Morgan fingerprint density at radius 2 is 2.36 bits per heavy atom. The van der Waals surface area contributed by atoms with Crippen molar-refractivity contribution in [2.45, 2.75) is 19.8 Å². The SMILES string of the molecule is CC1=CCN([SH](C)(=O)CCCO)CC1. The molecule has 0 amide bonds. The molecule has 84 valence electrons. The summed E-state index contributed by atoms with van der Waals surface area (Å²) in [6.45, 7) is 3.97. The zero-order valence-electron chi connectivity index (χ0n) is 9.07. The van der Waals surface area contributed by atoms with Crippen LogP contribution in [0.4, 0.5) is 0 Å². The Kier molecular flexibility index (Phi) is 4.29. The highest BCUT2D eigenvalue weighted by Crippen LogP contribution is 2.17. The molecule has 0 aromatic heterocycles. The number of aliphatic hydroxyl groups excluding tert-OH is 1. The van der Waals surface area contributed by atoms with E-state index in [0.29, 0.717) is 12.2 Å². The Balaban J connectivity index is 2.52. The fourth-order valence-corrected chi connectivity index (χ4v) is 3.61. The molecule has 0 spiro atoms. The van der Waals surface area contributed by atoms with Crippen molar-refractivity contribution in [1.82, 2.24) is 4.31 Å². The Morgan fingerprint density at radius 1 is 1.64 bits per heavy atom. The molecule has 4 heteroatoms. The molecular formula is C10H21NO2S. The zero-order valence-corrected chi connectivity index (χ0v) is 9.96. The van der Waals surface area contributed by atoms with Crippen molar-refractivity contribution >= 4 is 10.1 Å². The minimum Gasteiger partial charge on any atom is -0.396 e. The van der Waals surface area contributed by atoms with E-state index < -0.39 is 10.1 Å². The lowest BCUT2D eigenvalue weighted by molar-refractivity contribution is 0.294. The van der Waals surface area contributed by atoms with E-state index in [4.69, 9.17) is 5.11 Å². The summed E-state index contributed by atoms with van der Waals surface area (Å²) in [5, 5.41) is 8.72. The van der Waals surface area contributed by atoms with Gasteiger partial charge < -0.3 is 5.11 Å². The van der Waals surface area contributed by atoms with Gasteiger partial charge in [0.2, 0.25) is 0 Å². The van der Waals surface area contributed by atoms with Crippen LogP contribution in [0.15, 0.2) is 11.6 Å². The maximum atomic E-state index is 12.2. The van der Waals surface area contributed by atoms with Gasteiger partial charge in [-0.3, -0.25) is 4.21 Å². The van der Waals surface area contributed by atoms with Gasteiger partial charge in [-0.1, -0.05) is 21.8 Å². The molecule has 1 N–H and O–H groups in total. The van der Waals surface area contributed by atoms with Gasteiger partial charge in [-0.05, 0) is 19.8 Å². The van der Waals surface area contributed by atoms with Crippen molar-refractivity contribution in [3.8, 4) is 0 Å². The number of rotatable bonds is 4. The van der Waals surface area contributed by atoms with Crippen LogP contribution in [0, 0.1) is 0 Å². The molecule has 0 fully saturated rings. The summed E-state index contributed by atoms with van der Waals surface area (Å²) in [6, 6.07) is 0. The standard InChI is InChI=1S/C10H21NO2S/c1-10-4-6-11(7-5-10)14(2,13)9-3-8-12/h4,12,14H,3,5-9H2,1-2H3. The number of aliphatic hydroxyl groups is 1. The van der Waals surface area contributed by atoms with Gasteiger partial charge in [0, 0.05) is 31.7 Å². The second kappa shape index (κ2) is 5.05. The number of thiol groups is 1. The van der Waals surface area contributed by atoms with E-state index in [9.17, 15) is 4.21 Å². The highest BCUT2D eigenvalue weighted by molar-refractivity contribution is 8.00. The van der Waals surface area contributed by atoms with E-state index in [2.05, 4.69) is 17.3 Å². The normalized spacial score (nSPS) is 20.6. The third-order valence-electron chi connectivity index (χ3n) is 2.74. The van der Waals surface area contributed by atoms with Crippen LogP contribution in [0.5, 0.6) is 0 Å². The minimum absolute atomic E-state index is 0.139. The average molecular weight is 219 g/mol. The van der Waals surface area contributed by atoms with Gasteiger partial charge in [-0.25, -0.2) is 4.31 Å². The fourth-order valence-electron chi connectivity index (χ4n) is 1.65. The molecule has 14 heavy (non-hydrogen) atoms. The van der Waals surface area contributed by atoms with Crippen LogP contribution in [0.25, 0.3) is 0 Å². The summed E-state index contributed by atoms with van der Waals surface area (Å²) in [5.74, 6) is 0.635. The lowest BCUT2D eigenvalue weighted by Crippen LogP contribution is -2.41. The fraction of sp³-hybridized carbons (Fsp3) is 0.800. The van der Waals surface area contributed by atoms with Crippen molar-refractivity contribution in [2.24, 2.45) is 0 Å². The highest BCUT2D eigenvalue weighted by atomic mass is 32.3. The Labute approximate surface area is 87.4 Å². The van der Waals surface area contributed by atoms with Gasteiger partial charge in [-0.2, -0.15) is 0 Å².